The minimum Gasteiger partial charge on any atom is -0.479 e. The van der Waals surface area contributed by atoms with Gasteiger partial charge in [0.15, 0.2) is 11.2 Å². The topological polar surface area (TPSA) is 79.5 Å². The van der Waals surface area contributed by atoms with Crippen LogP contribution in [-0.4, -0.2) is 23.0 Å². The normalized spacial score (nSPS) is 11.3. The van der Waals surface area contributed by atoms with Crippen molar-refractivity contribution in [2.45, 2.75) is 13.0 Å². The van der Waals surface area contributed by atoms with Crippen LogP contribution >= 0.6 is 46.8 Å². The van der Waals surface area contributed by atoms with Gasteiger partial charge in [-0.05, 0) is 67.0 Å². The van der Waals surface area contributed by atoms with Gasteiger partial charge in [-0.15, -0.1) is 11.3 Å². The number of carbonyl (C=O) groups is 2. The summed E-state index contributed by atoms with van der Waals surface area (Å²) in [6, 6.07) is 15.3. The molecule has 0 fully saturated rings. The van der Waals surface area contributed by atoms with Gasteiger partial charge >= 0.3 is 0 Å². The fourth-order valence-corrected chi connectivity index (χ4v) is 3.76. The fraction of sp³-hybridized carbons (Fsp3) is 0.0952. The second kappa shape index (κ2) is 10.6. The minimum absolute atomic E-state index is 0.0874. The molecule has 0 saturated carbocycles. The molecule has 0 spiro atoms. The first kappa shape index (κ1) is 23.0. The van der Waals surface area contributed by atoms with Crippen LogP contribution in [0.5, 0.6) is 5.75 Å². The number of anilines is 2. The second-order valence-electron chi connectivity index (χ2n) is 6.29. The Morgan fingerprint density at radius 3 is 2.45 bits per heavy atom. The molecular formula is C21H17Cl2N3O3S2. The molecule has 160 valence electrons. The molecule has 10 heteroatoms. The van der Waals surface area contributed by atoms with E-state index in [1.807, 2.05) is 11.4 Å². The maximum Gasteiger partial charge on any atom is 0.266 e. The molecular weight excluding hydrogens is 477 g/mol. The van der Waals surface area contributed by atoms with Gasteiger partial charge in [0.2, 0.25) is 0 Å². The van der Waals surface area contributed by atoms with Gasteiger partial charge in [0.25, 0.3) is 11.8 Å². The van der Waals surface area contributed by atoms with E-state index in [9.17, 15) is 9.59 Å². The Morgan fingerprint density at radius 2 is 1.77 bits per heavy atom. The van der Waals surface area contributed by atoms with Crippen molar-refractivity contribution in [1.29, 1.82) is 0 Å². The summed E-state index contributed by atoms with van der Waals surface area (Å²) in [5.41, 5.74) is 1.19. The lowest BCUT2D eigenvalue weighted by molar-refractivity contribution is -0.125. The highest BCUT2D eigenvalue weighted by atomic mass is 35.5. The molecule has 3 N–H and O–H groups in total. The minimum atomic E-state index is -0.852. The van der Waals surface area contributed by atoms with Gasteiger partial charge in [0, 0.05) is 16.4 Å². The Kier molecular flexibility index (Phi) is 7.86. The molecule has 0 aliphatic heterocycles. The van der Waals surface area contributed by atoms with E-state index in [0.717, 1.165) is 0 Å². The van der Waals surface area contributed by atoms with Crippen molar-refractivity contribution in [3.8, 4) is 5.75 Å². The fourth-order valence-electron chi connectivity index (χ4n) is 2.47. The van der Waals surface area contributed by atoms with Gasteiger partial charge in [0.1, 0.15) is 5.75 Å². The zero-order valence-corrected chi connectivity index (χ0v) is 19.3. The number of hydrogen-bond acceptors (Lipinski definition) is 5. The maximum absolute atomic E-state index is 12.4. The molecule has 2 amide bonds. The van der Waals surface area contributed by atoms with Crippen LogP contribution in [0.2, 0.25) is 10.0 Å². The number of hydrogen-bond donors (Lipinski definition) is 3. The molecule has 31 heavy (non-hydrogen) atoms. The molecule has 6 nitrogen and oxygen atoms in total. The van der Waals surface area contributed by atoms with Crippen LogP contribution in [0, 0.1) is 0 Å². The van der Waals surface area contributed by atoms with Gasteiger partial charge in [-0.25, -0.2) is 0 Å². The summed E-state index contributed by atoms with van der Waals surface area (Å²) in [6.45, 7) is 1.57. The van der Waals surface area contributed by atoms with E-state index in [-0.39, 0.29) is 11.0 Å². The third kappa shape index (κ3) is 6.67. The van der Waals surface area contributed by atoms with Crippen LogP contribution in [-0.2, 0) is 4.79 Å². The standard InChI is InChI=1S/C21H17Cl2N3O3S2/c1-12(29-17-8-7-13(22)10-16(17)23)19(27)26-21(30)25-15-5-2-4-14(11-15)24-20(28)18-6-3-9-31-18/h2-12H,1H3,(H,24,28)(H2,25,26,27,30)/t12-/m0/s1. The van der Waals surface area contributed by atoms with E-state index in [2.05, 4.69) is 16.0 Å². The lowest BCUT2D eigenvalue weighted by atomic mass is 10.2. The molecule has 0 aliphatic rings. The van der Waals surface area contributed by atoms with Crippen LogP contribution < -0.4 is 20.7 Å². The quantitative estimate of drug-likeness (QED) is 0.390. The Morgan fingerprint density at radius 1 is 1.03 bits per heavy atom. The zero-order chi connectivity index (χ0) is 22.4. The monoisotopic (exact) mass is 493 g/mol. The first-order valence-electron chi connectivity index (χ1n) is 9.00. The van der Waals surface area contributed by atoms with Crippen LogP contribution in [0.15, 0.2) is 60.0 Å². The molecule has 0 radical (unpaired) electrons. The highest BCUT2D eigenvalue weighted by Gasteiger charge is 2.17. The molecule has 0 unspecified atom stereocenters. The van der Waals surface area contributed by atoms with Gasteiger partial charge in [-0.1, -0.05) is 35.3 Å². The third-order valence-electron chi connectivity index (χ3n) is 3.93. The van der Waals surface area contributed by atoms with Crippen LogP contribution in [0.1, 0.15) is 16.6 Å². The first-order chi connectivity index (χ1) is 14.8. The number of nitrogens with one attached hydrogen (secondary N) is 3. The Bertz CT molecular complexity index is 1110. The summed E-state index contributed by atoms with van der Waals surface area (Å²) in [4.78, 5) is 25.2. The Hall–Kier alpha value is -2.65. The summed E-state index contributed by atoms with van der Waals surface area (Å²) < 4.78 is 5.57. The van der Waals surface area contributed by atoms with Crippen LogP contribution in [0.4, 0.5) is 11.4 Å². The summed E-state index contributed by atoms with van der Waals surface area (Å²) in [5, 5.41) is 11.0. The average molecular weight is 494 g/mol. The lowest BCUT2D eigenvalue weighted by Gasteiger charge is -2.17. The average Bonchev–Trinajstić information content (AvgIpc) is 3.25. The van der Waals surface area contributed by atoms with Crippen molar-refractivity contribution < 1.29 is 14.3 Å². The summed E-state index contributed by atoms with van der Waals surface area (Å²) in [7, 11) is 0. The maximum atomic E-state index is 12.4. The molecule has 1 heterocycles. The number of thiophene rings is 1. The molecule has 3 aromatic rings. The number of benzene rings is 2. The molecule has 0 saturated heterocycles. The predicted molar refractivity (Wildman–Crippen MR) is 130 cm³/mol. The number of rotatable bonds is 6. The summed E-state index contributed by atoms with van der Waals surface area (Å²) >= 11 is 18.5. The number of thiocarbonyl (C=S) groups is 1. The molecule has 0 bridgehead atoms. The number of carbonyl (C=O) groups excluding carboxylic acids is 2. The highest BCUT2D eigenvalue weighted by Crippen LogP contribution is 2.28. The summed E-state index contributed by atoms with van der Waals surface area (Å²) in [6.07, 6.45) is -0.852. The van der Waals surface area contributed by atoms with Gasteiger partial charge in [-0.3, -0.25) is 14.9 Å². The highest BCUT2D eigenvalue weighted by molar-refractivity contribution is 7.80. The van der Waals surface area contributed by atoms with Crippen LogP contribution in [0.3, 0.4) is 0 Å². The van der Waals surface area contributed by atoms with E-state index < -0.39 is 12.0 Å². The van der Waals surface area contributed by atoms with Crippen LogP contribution in [0.25, 0.3) is 0 Å². The number of halogens is 2. The van der Waals surface area contributed by atoms with Crippen molar-refractivity contribution in [2.24, 2.45) is 0 Å². The van der Waals surface area contributed by atoms with Crippen molar-refractivity contribution in [3.05, 3.63) is 74.9 Å². The molecule has 2 aromatic carbocycles. The van der Waals surface area contributed by atoms with E-state index >= 15 is 0 Å². The first-order valence-corrected chi connectivity index (χ1v) is 11.0. The molecule has 1 aromatic heterocycles. The number of ether oxygens (including phenoxy) is 1. The van der Waals surface area contributed by atoms with E-state index in [1.54, 1.807) is 49.4 Å². The van der Waals surface area contributed by atoms with Crippen molar-refractivity contribution >= 4 is 75.1 Å². The van der Waals surface area contributed by atoms with E-state index in [1.165, 1.54) is 17.4 Å². The predicted octanol–water partition coefficient (Wildman–Crippen LogP) is 5.59. The van der Waals surface area contributed by atoms with Gasteiger partial charge < -0.3 is 15.4 Å². The van der Waals surface area contributed by atoms with Crippen molar-refractivity contribution in [2.75, 3.05) is 10.6 Å². The lowest BCUT2D eigenvalue weighted by Crippen LogP contribution is -2.42. The number of amides is 2. The van der Waals surface area contributed by atoms with E-state index in [0.29, 0.717) is 32.0 Å². The third-order valence-corrected chi connectivity index (χ3v) is 5.53. The Labute approximate surface area is 198 Å². The SMILES string of the molecule is C[C@H](Oc1ccc(Cl)cc1Cl)C(=O)NC(=S)Nc1cccc(NC(=O)c2cccs2)c1. The van der Waals surface area contributed by atoms with Crippen molar-refractivity contribution in [1.82, 2.24) is 5.32 Å². The molecule has 0 aliphatic carbocycles. The van der Waals surface area contributed by atoms with Gasteiger partial charge in [-0.2, -0.15) is 0 Å². The zero-order valence-electron chi connectivity index (χ0n) is 16.1. The van der Waals surface area contributed by atoms with Crippen molar-refractivity contribution in [3.63, 3.8) is 0 Å². The molecule has 3 rings (SSSR count). The largest absolute Gasteiger partial charge is 0.479 e. The smallest absolute Gasteiger partial charge is 0.266 e. The Balaban J connectivity index is 1.55. The second-order valence-corrected chi connectivity index (χ2v) is 8.49. The van der Waals surface area contributed by atoms with E-state index in [4.69, 9.17) is 40.2 Å². The summed E-state index contributed by atoms with van der Waals surface area (Å²) in [5.74, 6) is -0.317. The van der Waals surface area contributed by atoms with Gasteiger partial charge in [0.05, 0.1) is 9.90 Å². The molecule has 1 atom stereocenters.